The Hall–Kier alpha value is -1.23. The summed E-state index contributed by atoms with van der Waals surface area (Å²) in [4.78, 5) is 25.6. The Morgan fingerprint density at radius 1 is 1.55 bits per heavy atom. The van der Waals surface area contributed by atoms with Crippen LogP contribution in [0.15, 0.2) is 9.00 Å². The van der Waals surface area contributed by atoms with Crippen LogP contribution in [0, 0.1) is 6.92 Å². The Morgan fingerprint density at radius 3 is 2.86 bits per heavy atom. The molecule has 124 valence electrons. The van der Waals surface area contributed by atoms with E-state index in [4.69, 9.17) is 4.74 Å². The first kappa shape index (κ1) is 17.1. The van der Waals surface area contributed by atoms with Crippen molar-refractivity contribution in [2.75, 3.05) is 26.8 Å². The maximum Gasteiger partial charge on any atom is 0.305 e. The number of thiazole rings is 1. The highest BCUT2D eigenvalue weighted by atomic mass is 32.2. The van der Waals surface area contributed by atoms with Crippen LogP contribution in [-0.4, -0.2) is 56.5 Å². The third kappa shape index (κ3) is 3.40. The molecule has 22 heavy (non-hydrogen) atoms. The number of aromatic amines is 1. The van der Waals surface area contributed by atoms with Crippen LogP contribution >= 0.6 is 11.3 Å². The summed E-state index contributed by atoms with van der Waals surface area (Å²) in [6.07, 6.45) is 1.08. The number of ether oxygens (including phenoxy) is 1. The number of amides is 1. The zero-order valence-corrected chi connectivity index (χ0v) is 14.1. The fourth-order valence-electron chi connectivity index (χ4n) is 2.43. The van der Waals surface area contributed by atoms with Crippen molar-refractivity contribution in [2.24, 2.45) is 0 Å². The second-order valence-electron chi connectivity index (χ2n) is 4.98. The summed E-state index contributed by atoms with van der Waals surface area (Å²) in [5.74, 6) is -0.335. The largest absolute Gasteiger partial charge is 0.383 e. The molecule has 1 atom stereocenters. The molecule has 10 heteroatoms. The molecule has 1 saturated heterocycles. The fourth-order valence-corrected chi connectivity index (χ4v) is 5.50. The van der Waals surface area contributed by atoms with Crippen LogP contribution in [0.2, 0.25) is 0 Å². The van der Waals surface area contributed by atoms with Crippen molar-refractivity contribution in [1.29, 1.82) is 0 Å². The van der Waals surface area contributed by atoms with Crippen molar-refractivity contribution < 1.29 is 17.9 Å². The van der Waals surface area contributed by atoms with Gasteiger partial charge in [0.25, 0.3) is 10.0 Å². The number of hydrogen-bond acceptors (Lipinski definition) is 6. The van der Waals surface area contributed by atoms with Crippen molar-refractivity contribution in [3.63, 3.8) is 0 Å². The molecule has 2 heterocycles. The summed E-state index contributed by atoms with van der Waals surface area (Å²) in [6.45, 7) is 2.50. The highest BCUT2D eigenvalue weighted by molar-refractivity contribution is 7.91. The van der Waals surface area contributed by atoms with Gasteiger partial charge in [-0.05, 0) is 19.8 Å². The number of methoxy groups -OCH3 is 1. The van der Waals surface area contributed by atoms with E-state index < -0.39 is 20.9 Å². The molecule has 0 bridgehead atoms. The normalized spacial score (nSPS) is 19.5. The number of carbonyl (C=O) groups excluding carboxylic acids is 1. The molecule has 0 saturated carbocycles. The van der Waals surface area contributed by atoms with Crippen molar-refractivity contribution in [3.8, 4) is 0 Å². The molecule has 1 aromatic heterocycles. The number of aryl methyl sites for hydroxylation is 1. The lowest BCUT2D eigenvalue weighted by atomic mass is 10.2. The quantitative estimate of drug-likeness (QED) is 0.683. The molecular weight excluding hydrogens is 330 g/mol. The topological polar surface area (TPSA) is 109 Å². The smallest absolute Gasteiger partial charge is 0.305 e. The number of sulfonamides is 1. The number of H-pyrrole nitrogens is 1. The first-order valence-electron chi connectivity index (χ1n) is 6.86. The first-order chi connectivity index (χ1) is 10.4. The second-order valence-corrected chi connectivity index (χ2v) is 8.05. The van der Waals surface area contributed by atoms with Crippen LogP contribution in [0.1, 0.15) is 18.5 Å². The number of rotatable bonds is 6. The Morgan fingerprint density at radius 2 is 2.27 bits per heavy atom. The minimum Gasteiger partial charge on any atom is -0.383 e. The molecule has 0 unspecified atom stereocenters. The van der Waals surface area contributed by atoms with E-state index in [1.807, 2.05) is 0 Å². The molecule has 1 aliphatic rings. The summed E-state index contributed by atoms with van der Waals surface area (Å²) in [5.41, 5.74) is 0.306. The van der Waals surface area contributed by atoms with E-state index in [0.29, 0.717) is 43.0 Å². The van der Waals surface area contributed by atoms with E-state index in [9.17, 15) is 18.0 Å². The van der Waals surface area contributed by atoms with Gasteiger partial charge in [-0.2, -0.15) is 4.31 Å². The Kier molecular flexibility index (Phi) is 5.37. The summed E-state index contributed by atoms with van der Waals surface area (Å²) in [7, 11) is -2.32. The van der Waals surface area contributed by atoms with Gasteiger partial charge in [-0.25, -0.2) is 8.42 Å². The highest BCUT2D eigenvalue weighted by Crippen LogP contribution is 2.28. The van der Waals surface area contributed by atoms with Gasteiger partial charge in [-0.1, -0.05) is 11.3 Å². The van der Waals surface area contributed by atoms with Crippen LogP contribution < -0.4 is 10.2 Å². The molecule has 2 rings (SSSR count). The minimum atomic E-state index is -3.84. The highest BCUT2D eigenvalue weighted by Gasteiger charge is 2.40. The number of carbonyl (C=O) groups is 1. The van der Waals surface area contributed by atoms with E-state index in [0.717, 1.165) is 0 Å². The zero-order valence-electron chi connectivity index (χ0n) is 12.4. The van der Waals surface area contributed by atoms with E-state index in [1.54, 1.807) is 0 Å². The summed E-state index contributed by atoms with van der Waals surface area (Å²) in [5, 5.41) is 2.66. The van der Waals surface area contributed by atoms with Gasteiger partial charge in [0, 0.05) is 25.9 Å². The molecule has 0 aromatic carbocycles. The van der Waals surface area contributed by atoms with Gasteiger partial charge < -0.3 is 15.0 Å². The van der Waals surface area contributed by atoms with Gasteiger partial charge >= 0.3 is 4.87 Å². The summed E-state index contributed by atoms with van der Waals surface area (Å²) >= 11 is 0.651. The third-order valence-electron chi connectivity index (χ3n) is 3.44. The van der Waals surface area contributed by atoms with Crippen molar-refractivity contribution in [3.05, 3.63) is 15.4 Å². The van der Waals surface area contributed by atoms with E-state index in [1.165, 1.54) is 18.3 Å². The third-order valence-corrected chi connectivity index (χ3v) is 6.93. The van der Waals surface area contributed by atoms with Gasteiger partial charge in [-0.3, -0.25) is 9.59 Å². The zero-order chi connectivity index (χ0) is 16.3. The SMILES string of the molecule is COCCNC(=O)[C@H]1CCCN1S(=O)(=O)c1sc(=O)[nH]c1C. The molecule has 1 fully saturated rings. The molecular formula is C12H19N3O5S2. The van der Waals surface area contributed by atoms with E-state index in [-0.39, 0.29) is 16.7 Å². The van der Waals surface area contributed by atoms with Gasteiger partial charge in [0.05, 0.1) is 6.61 Å². The van der Waals surface area contributed by atoms with E-state index >= 15 is 0 Å². The maximum absolute atomic E-state index is 12.7. The number of nitrogens with zero attached hydrogens (tertiary/aromatic N) is 1. The van der Waals surface area contributed by atoms with Crippen LogP contribution in [0.3, 0.4) is 0 Å². The van der Waals surface area contributed by atoms with Gasteiger partial charge in [0.2, 0.25) is 5.91 Å². The number of hydrogen-bond donors (Lipinski definition) is 2. The van der Waals surface area contributed by atoms with E-state index in [2.05, 4.69) is 10.3 Å². The van der Waals surface area contributed by atoms with Crippen LogP contribution in [0.5, 0.6) is 0 Å². The molecule has 1 aliphatic heterocycles. The molecule has 0 radical (unpaired) electrons. The lowest BCUT2D eigenvalue weighted by Crippen LogP contribution is -2.46. The summed E-state index contributed by atoms with van der Waals surface area (Å²) < 4.78 is 31.4. The summed E-state index contributed by atoms with van der Waals surface area (Å²) in [6, 6.07) is -0.738. The Bertz CT molecular complexity index is 694. The first-order valence-corrected chi connectivity index (χ1v) is 9.11. The number of aromatic nitrogens is 1. The fraction of sp³-hybridized carbons (Fsp3) is 0.667. The van der Waals surface area contributed by atoms with Crippen molar-refractivity contribution >= 4 is 27.3 Å². The predicted molar refractivity (Wildman–Crippen MR) is 81.5 cm³/mol. The Balaban J connectivity index is 2.21. The predicted octanol–water partition coefficient (Wildman–Crippen LogP) is -0.339. The van der Waals surface area contributed by atoms with Crippen molar-refractivity contribution in [1.82, 2.24) is 14.6 Å². The standard InChI is InChI=1S/C12H19N3O5S2/c1-8-11(21-12(17)14-8)22(18,19)15-6-3-4-9(15)10(16)13-5-7-20-2/h9H,3-7H2,1-2H3,(H,13,16)(H,14,17)/t9-/m1/s1. The van der Waals surface area contributed by atoms with Crippen LogP contribution in [0.4, 0.5) is 0 Å². The Labute approximate surface area is 132 Å². The van der Waals surface area contributed by atoms with Crippen LogP contribution in [-0.2, 0) is 19.6 Å². The van der Waals surface area contributed by atoms with Crippen molar-refractivity contribution in [2.45, 2.75) is 30.0 Å². The van der Waals surface area contributed by atoms with Gasteiger partial charge in [-0.15, -0.1) is 0 Å². The molecule has 1 aromatic rings. The molecule has 0 spiro atoms. The molecule has 8 nitrogen and oxygen atoms in total. The van der Waals surface area contributed by atoms with Crippen LogP contribution in [0.25, 0.3) is 0 Å². The monoisotopic (exact) mass is 349 g/mol. The molecule has 1 amide bonds. The second kappa shape index (κ2) is 6.90. The maximum atomic E-state index is 12.7. The minimum absolute atomic E-state index is 0.0194. The number of nitrogens with one attached hydrogen (secondary N) is 2. The molecule has 0 aliphatic carbocycles. The molecule has 2 N–H and O–H groups in total. The van der Waals surface area contributed by atoms with Gasteiger partial charge in [0.15, 0.2) is 4.21 Å². The lowest BCUT2D eigenvalue weighted by Gasteiger charge is -2.22. The lowest BCUT2D eigenvalue weighted by molar-refractivity contribution is -0.124. The van der Waals surface area contributed by atoms with Gasteiger partial charge in [0.1, 0.15) is 6.04 Å². The average Bonchev–Trinajstić information content (AvgIpc) is 3.06. The average molecular weight is 349 g/mol.